The number of nitrogens with zero attached hydrogens (tertiary/aromatic N) is 1. The Balaban J connectivity index is 1.67. The fourth-order valence-electron chi connectivity index (χ4n) is 3.35. The molecule has 0 amide bonds. The van der Waals surface area contributed by atoms with Crippen molar-refractivity contribution >= 4 is 28.8 Å². The number of hydrogen-bond acceptors (Lipinski definition) is 7. The van der Waals surface area contributed by atoms with Crippen molar-refractivity contribution in [3.05, 3.63) is 57.3 Å². The molecule has 158 valence electrons. The molecule has 9 nitrogen and oxygen atoms in total. The second-order valence-corrected chi connectivity index (χ2v) is 6.85. The van der Waals surface area contributed by atoms with Gasteiger partial charge < -0.3 is 18.9 Å². The van der Waals surface area contributed by atoms with E-state index in [2.05, 4.69) is 4.98 Å². The number of carbonyl (C=O) groups is 3. The number of rotatable bonds is 7. The van der Waals surface area contributed by atoms with E-state index in [1.807, 2.05) is 0 Å². The number of Topliss-reactive ketones (excluding diaryl/α,β-unsaturated/α-hetero) is 1. The summed E-state index contributed by atoms with van der Waals surface area (Å²) >= 11 is 0. The first-order chi connectivity index (χ1) is 14.2. The lowest BCUT2D eigenvalue weighted by Gasteiger charge is -2.12. The van der Waals surface area contributed by atoms with E-state index in [0.29, 0.717) is 22.4 Å². The minimum atomic E-state index is -1.07. The van der Waals surface area contributed by atoms with Crippen molar-refractivity contribution in [2.24, 2.45) is 0 Å². The standard InChI is InChI=1S/C21H22N2O7/c1-11-17(20(26)28-4)12(2)22-18(11)19(25)13(3)29-16(24)9-10-23-14-7-5-6-8-15(14)30-21(23)27/h5-8,13,22H,9-10H2,1-4H3/t13-/m0/s1. The van der Waals surface area contributed by atoms with Crippen molar-refractivity contribution in [3.63, 3.8) is 0 Å². The minimum Gasteiger partial charge on any atom is -0.465 e. The van der Waals surface area contributed by atoms with E-state index in [1.165, 1.54) is 18.6 Å². The van der Waals surface area contributed by atoms with Gasteiger partial charge in [0.05, 0.1) is 30.3 Å². The van der Waals surface area contributed by atoms with Crippen LogP contribution in [0, 0.1) is 13.8 Å². The predicted octanol–water partition coefficient (Wildman–Crippen LogP) is 2.53. The summed E-state index contributed by atoms with van der Waals surface area (Å²) in [5.74, 6) is -2.23. The predicted molar refractivity (Wildman–Crippen MR) is 107 cm³/mol. The summed E-state index contributed by atoms with van der Waals surface area (Å²) in [6, 6.07) is 6.88. The Morgan fingerprint density at radius 3 is 2.60 bits per heavy atom. The van der Waals surface area contributed by atoms with Crippen LogP contribution in [-0.4, -0.2) is 40.5 Å². The summed E-state index contributed by atoms with van der Waals surface area (Å²) in [5.41, 5.74) is 2.40. The highest BCUT2D eigenvalue weighted by atomic mass is 16.5. The second kappa shape index (κ2) is 8.40. The normalized spacial score (nSPS) is 12.0. The Hall–Kier alpha value is -3.62. The van der Waals surface area contributed by atoms with E-state index in [9.17, 15) is 19.2 Å². The zero-order valence-corrected chi connectivity index (χ0v) is 17.1. The molecule has 0 bridgehead atoms. The lowest BCUT2D eigenvalue weighted by atomic mass is 10.1. The number of hydrogen-bond donors (Lipinski definition) is 1. The zero-order valence-electron chi connectivity index (χ0n) is 17.1. The fraction of sp³-hybridized carbons (Fsp3) is 0.333. The topological polar surface area (TPSA) is 121 Å². The highest BCUT2D eigenvalue weighted by Crippen LogP contribution is 2.21. The van der Waals surface area contributed by atoms with E-state index in [0.717, 1.165) is 0 Å². The Morgan fingerprint density at radius 2 is 1.90 bits per heavy atom. The quantitative estimate of drug-likeness (QED) is 0.466. The maximum atomic E-state index is 12.7. The third-order valence-corrected chi connectivity index (χ3v) is 4.86. The lowest BCUT2D eigenvalue weighted by molar-refractivity contribution is -0.146. The fourth-order valence-corrected chi connectivity index (χ4v) is 3.35. The van der Waals surface area contributed by atoms with Gasteiger partial charge in [-0.2, -0.15) is 0 Å². The van der Waals surface area contributed by atoms with Crippen LogP contribution in [0.4, 0.5) is 0 Å². The van der Waals surface area contributed by atoms with Gasteiger partial charge in [0.15, 0.2) is 11.7 Å². The number of oxazole rings is 1. The highest BCUT2D eigenvalue weighted by molar-refractivity contribution is 6.03. The number of ketones is 1. The molecule has 1 N–H and O–H groups in total. The molecule has 0 unspecified atom stereocenters. The average molecular weight is 414 g/mol. The number of aromatic amines is 1. The first kappa shape index (κ1) is 21.1. The molecule has 0 aliphatic carbocycles. The molecular formula is C21H22N2O7. The van der Waals surface area contributed by atoms with Crippen LogP contribution in [0.5, 0.6) is 0 Å². The van der Waals surface area contributed by atoms with Crippen molar-refractivity contribution in [2.45, 2.75) is 39.8 Å². The van der Waals surface area contributed by atoms with E-state index >= 15 is 0 Å². The molecule has 0 radical (unpaired) electrons. The van der Waals surface area contributed by atoms with Gasteiger partial charge in [-0.25, -0.2) is 9.59 Å². The first-order valence-corrected chi connectivity index (χ1v) is 9.34. The van der Waals surface area contributed by atoms with Gasteiger partial charge in [0.1, 0.15) is 0 Å². The molecule has 1 aromatic carbocycles. The molecule has 2 heterocycles. The third-order valence-electron chi connectivity index (χ3n) is 4.86. The average Bonchev–Trinajstić information content (AvgIpc) is 3.20. The van der Waals surface area contributed by atoms with Crippen molar-refractivity contribution in [2.75, 3.05) is 7.11 Å². The molecule has 1 atom stereocenters. The Bertz CT molecular complexity index is 1180. The third kappa shape index (κ3) is 3.91. The van der Waals surface area contributed by atoms with Crippen LogP contribution in [0.3, 0.4) is 0 Å². The van der Waals surface area contributed by atoms with Gasteiger partial charge in [-0.15, -0.1) is 0 Å². The molecule has 0 aliphatic heterocycles. The molecular weight excluding hydrogens is 392 g/mol. The zero-order chi connectivity index (χ0) is 22.0. The summed E-state index contributed by atoms with van der Waals surface area (Å²) in [7, 11) is 1.26. The molecule has 0 saturated heterocycles. The molecule has 2 aromatic heterocycles. The van der Waals surface area contributed by atoms with Gasteiger partial charge in [-0.05, 0) is 38.5 Å². The van der Waals surface area contributed by atoms with Crippen molar-refractivity contribution in [1.29, 1.82) is 0 Å². The van der Waals surface area contributed by atoms with Crippen LogP contribution in [0.1, 0.15) is 45.4 Å². The Labute approximate surface area is 171 Å². The van der Waals surface area contributed by atoms with Gasteiger partial charge >= 0.3 is 17.7 Å². The summed E-state index contributed by atoms with van der Waals surface area (Å²) in [6.45, 7) is 4.78. The molecule has 3 rings (SSSR count). The monoisotopic (exact) mass is 414 g/mol. The smallest absolute Gasteiger partial charge is 0.419 e. The van der Waals surface area contributed by atoms with E-state index in [4.69, 9.17) is 13.9 Å². The number of aryl methyl sites for hydroxylation is 2. The molecule has 30 heavy (non-hydrogen) atoms. The van der Waals surface area contributed by atoms with Crippen molar-refractivity contribution in [3.8, 4) is 0 Å². The number of nitrogens with one attached hydrogen (secondary N) is 1. The lowest BCUT2D eigenvalue weighted by Crippen LogP contribution is -2.26. The van der Waals surface area contributed by atoms with Crippen molar-refractivity contribution in [1.82, 2.24) is 9.55 Å². The summed E-state index contributed by atoms with van der Waals surface area (Å²) in [4.78, 5) is 51.7. The van der Waals surface area contributed by atoms with Crippen LogP contribution in [-0.2, 0) is 20.8 Å². The maximum Gasteiger partial charge on any atom is 0.419 e. The number of benzene rings is 1. The molecule has 0 spiro atoms. The number of ether oxygens (including phenoxy) is 2. The van der Waals surface area contributed by atoms with E-state index < -0.39 is 29.6 Å². The molecule has 0 fully saturated rings. The van der Waals surface area contributed by atoms with Crippen LogP contribution in [0.25, 0.3) is 11.1 Å². The largest absolute Gasteiger partial charge is 0.465 e. The number of fused-ring (bicyclic) bond motifs is 1. The second-order valence-electron chi connectivity index (χ2n) is 6.85. The van der Waals surface area contributed by atoms with E-state index in [1.54, 1.807) is 38.1 Å². The molecule has 0 aliphatic rings. The molecule has 0 saturated carbocycles. The van der Waals surface area contributed by atoms with Crippen LogP contribution >= 0.6 is 0 Å². The number of H-pyrrole nitrogens is 1. The number of methoxy groups -OCH3 is 1. The summed E-state index contributed by atoms with van der Waals surface area (Å²) in [6.07, 6.45) is -1.19. The number of esters is 2. The number of aromatic nitrogens is 2. The summed E-state index contributed by atoms with van der Waals surface area (Å²) in [5, 5.41) is 0. The van der Waals surface area contributed by atoms with Gasteiger partial charge in [-0.3, -0.25) is 14.2 Å². The van der Waals surface area contributed by atoms with E-state index in [-0.39, 0.29) is 24.2 Å². The number of carbonyl (C=O) groups excluding carboxylic acids is 3. The van der Waals surface area contributed by atoms with Crippen molar-refractivity contribution < 1.29 is 28.3 Å². The van der Waals surface area contributed by atoms with Crippen LogP contribution in [0.2, 0.25) is 0 Å². The first-order valence-electron chi connectivity index (χ1n) is 9.34. The maximum absolute atomic E-state index is 12.7. The number of para-hydroxylation sites is 2. The van der Waals surface area contributed by atoms with Gasteiger partial charge in [0.2, 0.25) is 5.78 Å². The minimum absolute atomic E-state index is 0.0583. The highest BCUT2D eigenvalue weighted by Gasteiger charge is 2.27. The Kier molecular flexibility index (Phi) is 5.91. The summed E-state index contributed by atoms with van der Waals surface area (Å²) < 4.78 is 16.4. The van der Waals surface area contributed by atoms with Gasteiger partial charge in [0.25, 0.3) is 0 Å². The SMILES string of the molecule is COC(=O)c1c(C)[nH]c(C(=O)[C@H](C)OC(=O)CCn2c(=O)oc3ccccc32)c1C. The van der Waals surface area contributed by atoms with Gasteiger partial charge in [-0.1, -0.05) is 12.1 Å². The van der Waals surface area contributed by atoms with Crippen LogP contribution in [0.15, 0.2) is 33.5 Å². The molecule has 3 aromatic rings. The van der Waals surface area contributed by atoms with Gasteiger partial charge in [0, 0.05) is 12.2 Å². The van der Waals surface area contributed by atoms with Crippen LogP contribution < -0.4 is 5.76 Å². The molecule has 9 heteroatoms. The Morgan fingerprint density at radius 1 is 1.20 bits per heavy atom.